The van der Waals surface area contributed by atoms with Gasteiger partial charge >= 0.3 is 0 Å². The van der Waals surface area contributed by atoms with Crippen LogP contribution in [0.1, 0.15) is 29.7 Å². The second kappa shape index (κ2) is 7.43. The van der Waals surface area contributed by atoms with Crippen LogP contribution in [0.5, 0.6) is 0 Å². The molecule has 4 heteroatoms. The lowest BCUT2D eigenvalue weighted by Gasteiger charge is -2.31. The fourth-order valence-corrected chi connectivity index (χ4v) is 3.81. The van der Waals surface area contributed by atoms with Crippen molar-refractivity contribution >= 4 is 34.7 Å². The molecular formula is C23H22ClNO2. The molecule has 1 heterocycles. The first kappa shape index (κ1) is 18.2. The van der Waals surface area contributed by atoms with Crippen LogP contribution in [0.25, 0.3) is 23.1 Å². The van der Waals surface area contributed by atoms with E-state index in [0.717, 1.165) is 40.6 Å². The van der Waals surface area contributed by atoms with Gasteiger partial charge in [0.25, 0.3) is 0 Å². The fourth-order valence-electron chi connectivity index (χ4n) is 3.64. The number of aliphatic hydroxyl groups excluding tert-OH is 1. The molecule has 0 aliphatic heterocycles. The van der Waals surface area contributed by atoms with Gasteiger partial charge in [0.05, 0.1) is 17.8 Å². The molecule has 0 amide bonds. The maximum absolute atomic E-state index is 10.00. The van der Waals surface area contributed by atoms with E-state index in [2.05, 4.69) is 11.1 Å². The van der Waals surface area contributed by atoms with Crippen LogP contribution in [0.3, 0.4) is 0 Å². The number of hydrogen-bond acceptors (Lipinski definition) is 3. The van der Waals surface area contributed by atoms with E-state index in [1.807, 2.05) is 60.7 Å². The summed E-state index contributed by atoms with van der Waals surface area (Å²) in [6, 6.07) is 17.9. The van der Waals surface area contributed by atoms with Crippen molar-refractivity contribution in [1.82, 2.24) is 4.98 Å². The second-order valence-electron chi connectivity index (χ2n) is 7.06. The van der Waals surface area contributed by atoms with Crippen molar-refractivity contribution in [1.29, 1.82) is 0 Å². The summed E-state index contributed by atoms with van der Waals surface area (Å²) in [6.07, 6.45) is 6.22. The van der Waals surface area contributed by atoms with Gasteiger partial charge in [0.2, 0.25) is 0 Å². The minimum absolute atomic E-state index is 0.00563. The van der Waals surface area contributed by atoms with Crippen LogP contribution in [0.15, 0.2) is 54.6 Å². The Hall–Kier alpha value is -2.20. The van der Waals surface area contributed by atoms with Crippen LogP contribution < -0.4 is 0 Å². The summed E-state index contributed by atoms with van der Waals surface area (Å²) in [4.78, 5) is 4.66. The number of fused-ring (bicyclic) bond motifs is 1. The zero-order valence-electron chi connectivity index (χ0n) is 15.2. The summed E-state index contributed by atoms with van der Waals surface area (Å²) in [5.74, 6) is 0.388. The van der Waals surface area contributed by atoms with E-state index >= 15 is 0 Å². The predicted octanol–water partition coefficient (Wildman–Crippen LogP) is 5.30. The Morgan fingerprint density at radius 3 is 2.70 bits per heavy atom. The third-order valence-electron chi connectivity index (χ3n) is 5.33. The van der Waals surface area contributed by atoms with Gasteiger partial charge in [0.15, 0.2) is 0 Å². The number of ether oxygens (including phenoxy) is 1. The minimum atomic E-state index is -0.595. The van der Waals surface area contributed by atoms with Crippen molar-refractivity contribution in [3.05, 3.63) is 76.4 Å². The molecule has 0 radical (unpaired) electrons. The van der Waals surface area contributed by atoms with Gasteiger partial charge in [-0.15, -0.1) is 0 Å². The zero-order chi connectivity index (χ0) is 18.9. The van der Waals surface area contributed by atoms with E-state index < -0.39 is 5.60 Å². The lowest BCUT2D eigenvalue weighted by molar-refractivity contribution is -0.0743. The van der Waals surface area contributed by atoms with Gasteiger partial charge in [-0.05, 0) is 60.2 Å². The van der Waals surface area contributed by atoms with Crippen LogP contribution >= 0.6 is 11.6 Å². The molecule has 1 unspecified atom stereocenters. The molecule has 1 N–H and O–H groups in total. The number of rotatable bonds is 6. The van der Waals surface area contributed by atoms with E-state index in [9.17, 15) is 5.11 Å². The highest BCUT2D eigenvalue weighted by atomic mass is 35.5. The number of benzene rings is 2. The smallest absolute Gasteiger partial charge is 0.118 e. The summed E-state index contributed by atoms with van der Waals surface area (Å²) in [7, 11) is 1.68. The van der Waals surface area contributed by atoms with Crippen molar-refractivity contribution in [2.24, 2.45) is 5.92 Å². The Kier molecular flexibility index (Phi) is 5.00. The maximum atomic E-state index is 10.00. The van der Waals surface area contributed by atoms with Gasteiger partial charge in [-0.2, -0.15) is 0 Å². The van der Waals surface area contributed by atoms with Crippen molar-refractivity contribution in [3.8, 4) is 0 Å². The van der Waals surface area contributed by atoms with Gasteiger partial charge in [-0.25, -0.2) is 4.98 Å². The monoisotopic (exact) mass is 379 g/mol. The number of hydrogen-bond donors (Lipinski definition) is 1. The maximum Gasteiger partial charge on any atom is 0.118 e. The highest BCUT2D eigenvalue weighted by molar-refractivity contribution is 6.31. The predicted molar refractivity (Wildman–Crippen MR) is 111 cm³/mol. The molecule has 27 heavy (non-hydrogen) atoms. The summed E-state index contributed by atoms with van der Waals surface area (Å²) >= 11 is 6.07. The SMILES string of the molecule is COC(CO)(c1cccc(/C=C/c2ccc3ccc(Cl)cc3n2)c1)C1CC1. The Balaban J connectivity index is 1.63. The minimum Gasteiger partial charge on any atom is -0.393 e. The Labute approximate surface area is 164 Å². The van der Waals surface area contributed by atoms with Gasteiger partial charge < -0.3 is 9.84 Å². The van der Waals surface area contributed by atoms with E-state index in [0.29, 0.717) is 10.9 Å². The second-order valence-corrected chi connectivity index (χ2v) is 7.49. The standard InChI is InChI=1S/C23H22ClNO2/c1-27-23(15-26,18-8-9-18)19-4-2-3-16(13-19)5-11-21-12-7-17-6-10-20(24)14-22(17)25-21/h2-7,10-14,18,26H,8-9,15H2,1H3/b11-5+. The van der Waals surface area contributed by atoms with E-state index in [1.165, 1.54) is 0 Å². The normalized spacial score (nSPS) is 16.7. The van der Waals surface area contributed by atoms with Gasteiger partial charge in [-0.1, -0.05) is 48.0 Å². The number of halogens is 1. The largest absolute Gasteiger partial charge is 0.393 e. The molecule has 138 valence electrons. The molecule has 1 atom stereocenters. The first-order valence-corrected chi connectivity index (χ1v) is 9.53. The van der Waals surface area contributed by atoms with Crippen molar-refractivity contribution in [3.63, 3.8) is 0 Å². The molecular weight excluding hydrogens is 358 g/mol. The fraction of sp³-hybridized carbons (Fsp3) is 0.261. The van der Waals surface area contributed by atoms with Crippen LogP contribution in [0, 0.1) is 5.92 Å². The molecule has 2 aromatic carbocycles. The third kappa shape index (κ3) is 3.63. The lowest BCUT2D eigenvalue weighted by atomic mass is 9.88. The van der Waals surface area contributed by atoms with Crippen LogP contribution in [0.4, 0.5) is 0 Å². The summed E-state index contributed by atoms with van der Waals surface area (Å²) < 4.78 is 5.78. The van der Waals surface area contributed by atoms with Gasteiger partial charge in [-0.3, -0.25) is 0 Å². The summed E-state index contributed by atoms with van der Waals surface area (Å²) in [5, 5.41) is 11.7. The summed E-state index contributed by atoms with van der Waals surface area (Å²) in [6.45, 7) is -0.00563. The van der Waals surface area contributed by atoms with Crippen molar-refractivity contribution < 1.29 is 9.84 Å². The quantitative estimate of drug-likeness (QED) is 0.631. The first-order chi connectivity index (χ1) is 13.1. The van der Waals surface area contributed by atoms with Crippen LogP contribution in [-0.4, -0.2) is 23.8 Å². The van der Waals surface area contributed by atoms with Gasteiger partial charge in [0, 0.05) is 17.5 Å². The molecule has 0 spiro atoms. The molecule has 1 fully saturated rings. The number of aliphatic hydroxyl groups is 1. The molecule has 1 aliphatic carbocycles. The summed E-state index contributed by atoms with van der Waals surface area (Å²) in [5.41, 5.74) is 3.23. The van der Waals surface area contributed by atoms with Crippen LogP contribution in [-0.2, 0) is 10.3 Å². The number of methoxy groups -OCH3 is 1. The highest BCUT2D eigenvalue weighted by Crippen LogP contribution is 2.47. The average molecular weight is 380 g/mol. The highest BCUT2D eigenvalue weighted by Gasteiger charge is 2.46. The van der Waals surface area contributed by atoms with Crippen LogP contribution in [0.2, 0.25) is 5.02 Å². The number of nitrogens with zero attached hydrogens (tertiary/aromatic N) is 1. The molecule has 3 aromatic rings. The van der Waals surface area contributed by atoms with E-state index in [4.69, 9.17) is 16.3 Å². The number of aromatic nitrogens is 1. The third-order valence-corrected chi connectivity index (χ3v) is 5.57. The zero-order valence-corrected chi connectivity index (χ0v) is 16.0. The van der Waals surface area contributed by atoms with E-state index in [-0.39, 0.29) is 6.61 Å². The molecule has 1 saturated carbocycles. The molecule has 3 nitrogen and oxygen atoms in total. The first-order valence-electron chi connectivity index (χ1n) is 9.15. The molecule has 0 saturated heterocycles. The average Bonchev–Trinajstić information content (AvgIpc) is 3.54. The Bertz CT molecular complexity index is 991. The van der Waals surface area contributed by atoms with Crippen molar-refractivity contribution in [2.75, 3.05) is 13.7 Å². The van der Waals surface area contributed by atoms with E-state index in [1.54, 1.807) is 7.11 Å². The topological polar surface area (TPSA) is 42.4 Å². The molecule has 1 aliphatic rings. The number of pyridine rings is 1. The Morgan fingerprint density at radius 2 is 1.96 bits per heavy atom. The van der Waals surface area contributed by atoms with Crippen molar-refractivity contribution in [2.45, 2.75) is 18.4 Å². The van der Waals surface area contributed by atoms with Gasteiger partial charge in [0.1, 0.15) is 5.60 Å². The lowest BCUT2D eigenvalue weighted by Crippen LogP contribution is -2.35. The molecule has 1 aromatic heterocycles. The Morgan fingerprint density at radius 1 is 1.15 bits per heavy atom. The molecule has 0 bridgehead atoms. The molecule has 4 rings (SSSR count).